The third kappa shape index (κ3) is 5.41. The lowest BCUT2D eigenvalue weighted by atomic mass is 9.98. The van der Waals surface area contributed by atoms with Gasteiger partial charge in [0.25, 0.3) is 0 Å². The van der Waals surface area contributed by atoms with Gasteiger partial charge < -0.3 is 30.6 Å². The van der Waals surface area contributed by atoms with Crippen LogP contribution in [0.2, 0.25) is 10.0 Å². The number of aliphatic hydroxyl groups excluding tert-OH is 6. The molecule has 0 fully saturated rings. The third-order valence-corrected chi connectivity index (χ3v) is 5.68. The van der Waals surface area contributed by atoms with Gasteiger partial charge in [-0.3, -0.25) is 0 Å². The summed E-state index contributed by atoms with van der Waals surface area (Å²) in [6.07, 6.45) is -8.56. The van der Waals surface area contributed by atoms with E-state index in [9.17, 15) is 30.6 Å². The number of aliphatic hydroxyl groups is 6. The van der Waals surface area contributed by atoms with E-state index in [-0.39, 0.29) is 31.2 Å². The molecular weight excluding hydrogens is 478 g/mol. The summed E-state index contributed by atoms with van der Waals surface area (Å²) >= 11 is 24.0. The van der Waals surface area contributed by atoms with E-state index >= 15 is 0 Å². The van der Waals surface area contributed by atoms with Gasteiger partial charge in [-0.05, 0) is 12.1 Å². The first-order chi connectivity index (χ1) is 14.1. The lowest BCUT2D eigenvalue weighted by molar-refractivity contribution is -0.0997. The van der Waals surface area contributed by atoms with Gasteiger partial charge in [0.2, 0.25) is 0 Å². The fraction of sp³-hybridized carbons (Fsp3) is 0.200. The Hall–Kier alpha value is -1.48. The van der Waals surface area contributed by atoms with Crippen LogP contribution < -0.4 is 0 Å². The maximum Gasteiger partial charge on any atom is 0.143 e. The van der Waals surface area contributed by atoms with Gasteiger partial charge >= 0.3 is 0 Å². The maximum absolute atomic E-state index is 10.2. The lowest BCUT2D eigenvalue weighted by Gasteiger charge is -2.27. The molecule has 0 aliphatic heterocycles. The summed E-state index contributed by atoms with van der Waals surface area (Å²) in [6.45, 7) is 0. The SMILES string of the molecule is OC(=C(Cl)c1ccccc1Cl)[C@@H](O)[C@@H](O)[C@H](O)[C@@H](O)C(O)=C(Cl)c1ccccc1Cl. The van der Waals surface area contributed by atoms with Crippen molar-refractivity contribution < 1.29 is 30.6 Å². The molecule has 0 aromatic heterocycles. The van der Waals surface area contributed by atoms with Crippen LogP contribution in [-0.2, 0) is 0 Å². The quantitative estimate of drug-likeness (QED) is 0.322. The van der Waals surface area contributed by atoms with E-state index in [1.165, 1.54) is 24.3 Å². The first kappa shape index (κ1) is 24.8. The molecule has 2 aromatic rings. The van der Waals surface area contributed by atoms with Crippen molar-refractivity contribution in [2.45, 2.75) is 24.4 Å². The second-order valence-electron chi connectivity index (χ2n) is 6.23. The monoisotopic (exact) mass is 494 g/mol. The molecule has 162 valence electrons. The highest BCUT2D eigenvalue weighted by molar-refractivity contribution is 6.51. The molecule has 0 spiro atoms. The molecule has 6 nitrogen and oxygen atoms in total. The molecule has 30 heavy (non-hydrogen) atoms. The average molecular weight is 496 g/mol. The minimum Gasteiger partial charge on any atom is -0.508 e. The Morgan fingerprint density at radius 3 is 1.20 bits per heavy atom. The Labute approximate surface area is 192 Å². The van der Waals surface area contributed by atoms with Crippen molar-refractivity contribution in [3.05, 3.63) is 81.2 Å². The highest BCUT2D eigenvalue weighted by atomic mass is 35.5. The van der Waals surface area contributed by atoms with Crippen LogP contribution in [0.15, 0.2) is 60.0 Å². The van der Waals surface area contributed by atoms with Crippen LogP contribution in [-0.4, -0.2) is 55.1 Å². The Balaban J connectivity index is 2.28. The second-order valence-corrected chi connectivity index (χ2v) is 7.80. The number of benzene rings is 2. The molecule has 0 amide bonds. The Bertz CT molecular complexity index is 884. The summed E-state index contributed by atoms with van der Waals surface area (Å²) in [5.74, 6) is -1.80. The van der Waals surface area contributed by atoms with Crippen molar-refractivity contribution in [2.75, 3.05) is 0 Å². The minimum absolute atomic E-state index is 0.170. The molecular formula is C20H18Cl4O6. The molecule has 0 saturated heterocycles. The van der Waals surface area contributed by atoms with Crippen molar-refractivity contribution in [1.82, 2.24) is 0 Å². The van der Waals surface area contributed by atoms with Gasteiger partial charge in [0.05, 0.1) is 10.1 Å². The highest BCUT2D eigenvalue weighted by Crippen LogP contribution is 2.32. The first-order valence-electron chi connectivity index (χ1n) is 8.47. The van der Waals surface area contributed by atoms with Gasteiger partial charge in [0.15, 0.2) is 0 Å². The van der Waals surface area contributed by atoms with E-state index in [4.69, 9.17) is 46.4 Å². The van der Waals surface area contributed by atoms with Gasteiger partial charge in [-0.25, -0.2) is 0 Å². The Kier molecular flexibility index (Phi) is 8.85. The smallest absolute Gasteiger partial charge is 0.143 e. The molecule has 0 aliphatic carbocycles. The molecule has 0 radical (unpaired) electrons. The molecule has 10 heteroatoms. The Morgan fingerprint density at radius 2 is 0.900 bits per heavy atom. The summed E-state index contributed by atoms with van der Waals surface area (Å²) in [5.41, 5.74) is 0.341. The van der Waals surface area contributed by atoms with Crippen molar-refractivity contribution in [2.24, 2.45) is 0 Å². The van der Waals surface area contributed by atoms with Crippen LogP contribution in [0.1, 0.15) is 11.1 Å². The Morgan fingerprint density at radius 1 is 0.600 bits per heavy atom. The van der Waals surface area contributed by atoms with Gasteiger partial charge in [-0.15, -0.1) is 0 Å². The first-order valence-corrected chi connectivity index (χ1v) is 9.98. The number of rotatable bonds is 7. The summed E-state index contributed by atoms with van der Waals surface area (Å²) in [4.78, 5) is 0. The van der Waals surface area contributed by atoms with Crippen molar-refractivity contribution >= 4 is 56.5 Å². The standard InChI is InChI=1S/C20H18Cl4O6/c21-11-7-3-1-5-9(11)13(23)15(25)17(27)19(29)20(30)18(28)16(26)14(24)10-6-2-4-8-12(10)22/h1-8,17-20,25-30H/t17-,18+,19-,20-/m1/s1. The van der Waals surface area contributed by atoms with Crippen LogP contribution in [0.5, 0.6) is 0 Å². The average Bonchev–Trinajstić information content (AvgIpc) is 2.75. The number of hydrogen-bond donors (Lipinski definition) is 6. The molecule has 6 N–H and O–H groups in total. The number of halogens is 4. The highest BCUT2D eigenvalue weighted by Gasteiger charge is 2.36. The van der Waals surface area contributed by atoms with Gasteiger partial charge in [0, 0.05) is 21.2 Å². The lowest BCUT2D eigenvalue weighted by Crippen LogP contribution is -2.46. The fourth-order valence-electron chi connectivity index (χ4n) is 2.51. The summed E-state index contributed by atoms with van der Waals surface area (Å²) in [5, 5.41) is 60.8. The van der Waals surface area contributed by atoms with Crippen molar-refractivity contribution in [1.29, 1.82) is 0 Å². The molecule has 0 saturated carbocycles. The van der Waals surface area contributed by atoms with E-state index in [1.54, 1.807) is 24.3 Å². The van der Waals surface area contributed by atoms with E-state index in [2.05, 4.69) is 0 Å². The van der Waals surface area contributed by atoms with Crippen molar-refractivity contribution in [3.8, 4) is 0 Å². The molecule has 0 aliphatic rings. The van der Waals surface area contributed by atoms with Gasteiger partial charge in [-0.1, -0.05) is 82.8 Å². The predicted octanol–water partition coefficient (Wildman–Crippen LogP) is 4.07. The molecule has 0 bridgehead atoms. The van der Waals surface area contributed by atoms with Gasteiger partial charge in [0.1, 0.15) is 35.9 Å². The van der Waals surface area contributed by atoms with Crippen LogP contribution >= 0.6 is 46.4 Å². The van der Waals surface area contributed by atoms with E-state index in [0.29, 0.717) is 0 Å². The fourth-order valence-corrected chi connectivity index (χ4v) is 3.62. The molecule has 2 rings (SSSR count). The normalized spacial score (nSPS) is 17.5. The maximum atomic E-state index is 10.2. The minimum atomic E-state index is -2.16. The summed E-state index contributed by atoms with van der Waals surface area (Å²) < 4.78 is 0. The van der Waals surface area contributed by atoms with Gasteiger partial charge in [-0.2, -0.15) is 0 Å². The van der Waals surface area contributed by atoms with Crippen molar-refractivity contribution in [3.63, 3.8) is 0 Å². The summed E-state index contributed by atoms with van der Waals surface area (Å²) in [6, 6.07) is 12.3. The van der Waals surface area contributed by atoms with E-state index in [1.807, 2.05) is 0 Å². The van der Waals surface area contributed by atoms with E-state index < -0.39 is 35.9 Å². The summed E-state index contributed by atoms with van der Waals surface area (Å²) in [7, 11) is 0. The largest absolute Gasteiger partial charge is 0.508 e. The molecule has 0 unspecified atom stereocenters. The molecule has 4 atom stereocenters. The van der Waals surface area contributed by atoms with Crippen LogP contribution in [0.25, 0.3) is 10.1 Å². The number of hydrogen-bond acceptors (Lipinski definition) is 6. The van der Waals surface area contributed by atoms with Crippen LogP contribution in [0.3, 0.4) is 0 Å². The van der Waals surface area contributed by atoms with Crippen LogP contribution in [0.4, 0.5) is 0 Å². The third-order valence-electron chi connectivity index (χ3n) is 4.23. The van der Waals surface area contributed by atoms with E-state index in [0.717, 1.165) is 0 Å². The molecule has 0 heterocycles. The topological polar surface area (TPSA) is 121 Å². The zero-order valence-corrected chi connectivity index (χ0v) is 18.1. The second kappa shape index (κ2) is 10.7. The molecule has 2 aromatic carbocycles. The van der Waals surface area contributed by atoms with Crippen LogP contribution in [0, 0.1) is 0 Å². The zero-order valence-electron chi connectivity index (χ0n) is 15.1. The predicted molar refractivity (Wildman–Crippen MR) is 118 cm³/mol. The zero-order chi connectivity index (χ0) is 22.6.